The SMILES string of the molecule is [C-]#[N+]C[C@H]1CN(c2nc(OCC34CCCN3CCC4F)nc3c2CCN(c2cccc4ccc(F)c(Cl)c24)C3)CCN1C(=O)C(=C)F. The van der Waals surface area contributed by atoms with Crippen LogP contribution in [0.15, 0.2) is 42.7 Å². The van der Waals surface area contributed by atoms with E-state index in [0.29, 0.717) is 62.3 Å². The molecule has 1 aromatic heterocycles. The van der Waals surface area contributed by atoms with Crippen molar-refractivity contribution in [2.24, 2.45) is 0 Å². The van der Waals surface area contributed by atoms with Crippen LogP contribution in [0.25, 0.3) is 15.6 Å². The van der Waals surface area contributed by atoms with Crippen molar-refractivity contribution in [1.29, 1.82) is 0 Å². The Bertz CT molecular complexity index is 1790. The maximum absolute atomic E-state index is 15.3. The Balaban J connectivity index is 1.24. The minimum absolute atomic E-state index is 0.00538. The number of hydrogen-bond donors (Lipinski definition) is 0. The van der Waals surface area contributed by atoms with Crippen LogP contribution in [-0.4, -0.2) is 95.8 Å². The Morgan fingerprint density at radius 1 is 1.15 bits per heavy atom. The van der Waals surface area contributed by atoms with Crippen LogP contribution in [0, 0.1) is 12.4 Å². The van der Waals surface area contributed by atoms with Gasteiger partial charge >= 0.3 is 6.01 Å². The van der Waals surface area contributed by atoms with E-state index in [4.69, 9.17) is 32.9 Å². The van der Waals surface area contributed by atoms with Crippen LogP contribution in [0.5, 0.6) is 6.01 Å². The molecule has 0 bridgehead atoms. The van der Waals surface area contributed by atoms with Crippen LogP contribution in [0.2, 0.25) is 5.02 Å². The summed E-state index contributed by atoms with van der Waals surface area (Å²) in [5, 5.41) is 1.50. The van der Waals surface area contributed by atoms with Crippen molar-refractivity contribution in [3.8, 4) is 6.01 Å². The molecule has 7 rings (SSSR count). The number of piperazine rings is 1. The highest BCUT2D eigenvalue weighted by Gasteiger charge is 2.52. The summed E-state index contributed by atoms with van der Waals surface area (Å²) in [5.41, 5.74) is 1.69. The van der Waals surface area contributed by atoms with E-state index in [1.165, 1.54) is 11.0 Å². The van der Waals surface area contributed by atoms with Gasteiger partial charge < -0.3 is 24.3 Å². The monoisotopic (exact) mass is 665 g/mol. The molecule has 4 aliphatic heterocycles. The van der Waals surface area contributed by atoms with E-state index >= 15 is 4.39 Å². The fraction of sp³-hybridized carbons (Fsp3) is 0.471. The van der Waals surface area contributed by atoms with Crippen LogP contribution in [0.1, 0.15) is 30.5 Å². The molecule has 9 nitrogen and oxygen atoms in total. The number of rotatable bonds is 7. The number of nitrogens with zero attached hydrogens (tertiary/aromatic N) is 7. The minimum Gasteiger partial charge on any atom is -0.461 e. The molecule has 3 aromatic rings. The minimum atomic E-state index is -1.06. The topological polar surface area (TPSA) is 69.4 Å². The molecular weight excluding hydrogens is 631 g/mol. The lowest BCUT2D eigenvalue weighted by atomic mass is 9.93. The van der Waals surface area contributed by atoms with Gasteiger partial charge in [-0.25, -0.2) is 19.7 Å². The molecule has 3 atom stereocenters. The van der Waals surface area contributed by atoms with E-state index in [1.807, 2.05) is 23.1 Å². The summed E-state index contributed by atoms with van der Waals surface area (Å²) in [5.74, 6) is -1.75. The maximum atomic E-state index is 15.3. The van der Waals surface area contributed by atoms with Crippen molar-refractivity contribution in [3.63, 3.8) is 0 Å². The van der Waals surface area contributed by atoms with Gasteiger partial charge in [0.25, 0.3) is 5.91 Å². The maximum Gasteiger partial charge on any atom is 0.318 e. The second-order valence-corrected chi connectivity index (χ2v) is 13.1. The predicted octanol–water partition coefficient (Wildman–Crippen LogP) is 5.36. The zero-order chi connectivity index (χ0) is 32.9. The molecule has 1 amide bonds. The molecule has 0 N–H and O–H groups in total. The van der Waals surface area contributed by atoms with Gasteiger partial charge in [-0.1, -0.05) is 36.4 Å². The Morgan fingerprint density at radius 2 is 2.00 bits per heavy atom. The third kappa shape index (κ3) is 5.53. The molecule has 0 spiro atoms. The van der Waals surface area contributed by atoms with Gasteiger partial charge in [-0.05, 0) is 49.7 Å². The third-order valence-electron chi connectivity index (χ3n) is 10.2. The van der Waals surface area contributed by atoms with E-state index < -0.39 is 35.3 Å². The fourth-order valence-electron chi connectivity index (χ4n) is 7.83. The van der Waals surface area contributed by atoms with Crippen molar-refractivity contribution >= 4 is 39.8 Å². The van der Waals surface area contributed by atoms with Gasteiger partial charge in [0.05, 0.1) is 22.8 Å². The van der Waals surface area contributed by atoms with Gasteiger partial charge in [-0.3, -0.25) is 9.69 Å². The van der Waals surface area contributed by atoms with Crippen LogP contribution >= 0.6 is 11.6 Å². The van der Waals surface area contributed by atoms with Crippen LogP contribution in [0.3, 0.4) is 0 Å². The Hall–Kier alpha value is -4.08. The average molecular weight is 666 g/mol. The molecule has 3 fully saturated rings. The summed E-state index contributed by atoms with van der Waals surface area (Å²) in [4.78, 5) is 33.4. The average Bonchev–Trinajstić information content (AvgIpc) is 3.63. The van der Waals surface area contributed by atoms with Crippen molar-refractivity contribution in [2.45, 2.75) is 50.0 Å². The van der Waals surface area contributed by atoms with Gasteiger partial charge in [-0.15, -0.1) is 0 Å². The lowest BCUT2D eigenvalue weighted by Gasteiger charge is -2.41. The Morgan fingerprint density at radius 3 is 2.81 bits per heavy atom. The number of alkyl halides is 1. The van der Waals surface area contributed by atoms with Gasteiger partial charge in [0.2, 0.25) is 6.54 Å². The lowest BCUT2D eigenvalue weighted by Crippen LogP contribution is -2.57. The zero-order valence-corrected chi connectivity index (χ0v) is 26.7. The summed E-state index contributed by atoms with van der Waals surface area (Å²) < 4.78 is 50.0. The standard InChI is InChI=1S/C34H35ClF3N7O2/c1-21(36)32(46)45-16-15-43(18-23(45)17-39-2)31-24-9-13-42(27-6-3-5-22-7-8-25(37)30(35)29(22)27)19-26(24)40-33(41-31)47-20-34-11-4-12-44(34)14-10-28(34)38/h3,5-8,23,28H,1,4,9-20H2/t23-,28?,34?/m0/s1. The number of aromatic nitrogens is 2. The fourth-order valence-corrected chi connectivity index (χ4v) is 8.10. The van der Waals surface area contributed by atoms with Crippen molar-refractivity contribution in [3.05, 3.63) is 76.3 Å². The van der Waals surface area contributed by atoms with E-state index in [0.717, 1.165) is 29.6 Å². The number of carbonyl (C=O) groups excluding carboxylic acids is 1. The molecule has 246 valence electrons. The van der Waals surface area contributed by atoms with E-state index in [9.17, 15) is 13.6 Å². The van der Waals surface area contributed by atoms with Crippen LogP contribution < -0.4 is 14.5 Å². The van der Waals surface area contributed by atoms with E-state index in [1.54, 1.807) is 6.07 Å². The molecule has 0 radical (unpaired) electrons. The lowest BCUT2D eigenvalue weighted by molar-refractivity contribution is -0.131. The smallest absolute Gasteiger partial charge is 0.318 e. The quantitative estimate of drug-likeness (QED) is 0.249. The first kappa shape index (κ1) is 31.5. The highest BCUT2D eigenvalue weighted by Crippen LogP contribution is 2.42. The first-order valence-corrected chi connectivity index (χ1v) is 16.3. The molecule has 3 saturated heterocycles. The zero-order valence-electron chi connectivity index (χ0n) is 25.9. The number of carbonyl (C=O) groups is 1. The second kappa shape index (κ2) is 12.5. The molecule has 2 unspecified atom stereocenters. The molecule has 4 aliphatic rings. The summed E-state index contributed by atoms with van der Waals surface area (Å²) >= 11 is 6.49. The predicted molar refractivity (Wildman–Crippen MR) is 174 cm³/mol. The number of amides is 1. The number of anilines is 2. The molecular formula is C34H35ClF3N7O2. The van der Waals surface area contributed by atoms with Gasteiger partial charge in [-0.2, -0.15) is 9.97 Å². The number of halogens is 4. The summed E-state index contributed by atoms with van der Waals surface area (Å²) in [6.45, 7) is 14.0. The summed E-state index contributed by atoms with van der Waals surface area (Å²) in [7, 11) is 0. The second-order valence-electron chi connectivity index (χ2n) is 12.7. The number of benzene rings is 2. The third-order valence-corrected chi connectivity index (χ3v) is 10.6. The first-order valence-electron chi connectivity index (χ1n) is 16.0. The number of ether oxygens (including phenoxy) is 1. The summed E-state index contributed by atoms with van der Waals surface area (Å²) in [6, 6.07) is 8.34. The largest absolute Gasteiger partial charge is 0.461 e. The van der Waals surface area contributed by atoms with Gasteiger partial charge in [0, 0.05) is 49.4 Å². The Kier molecular flexibility index (Phi) is 8.39. The molecule has 47 heavy (non-hydrogen) atoms. The van der Waals surface area contributed by atoms with Gasteiger partial charge in [0.1, 0.15) is 30.5 Å². The Labute approximate surface area is 276 Å². The molecule has 0 aliphatic carbocycles. The molecule has 0 saturated carbocycles. The van der Waals surface area contributed by atoms with E-state index in [2.05, 4.69) is 21.2 Å². The highest BCUT2D eigenvalue weighted by molar-refractivity contribution is 6.36. The molecule has 5 heterocycles. The highest BCUT2D eigenvalue weighted by atomic mass is 35.5. The first-order chi connectivity index (χ1) is 22.7. The summed E-state index contributed by atoms with van der Waals surface area (Å²) in [6.07, 6.45) is 1.62. The number of hydrogen-bond acceptors (Lipinski definition) is 7. The van der Waals surface area contributed by atoms with Gasteiger partial charge in [0.15, 0.2) is 5.83 Å². The molecule has 2 aromatic carbocycles. The van der Waals surface area contributed by atoms with Crippen molar-refractivity contribution < 1.29 is 22.7 Å². The van der Waals surface area contributed by atoms with Crippen LogP contribution in [0.4, 0.5) is 24.7 Å². The molecule has 13 heteroatoms. The van der Waals surface area contributed by atoms with Crippen LogP contribution in [-0.2, 0) is 17.8 Å². The number of fused-ring (bicyclic) bond motifs is 3. The van der Waals surface area contributed by atoms with Crippen molar-refractivity contribution in [2.75, 3.05) is 62.2 Å². The van der Waals surface area contributed by atoms with E-state index in [-0.39, 0.29) is 37.3 Å². The van der Waals surface area contributed by atoms with Crippen molar-refractivity contribution in [1.82, 2.24) is 19.8 Å². The normalized spacial score (nSPS) is 24.3.